The minimum absolute atomic E-state index is 0.0170. The Morgan fingerprint density at radius 2 is 2.04 bits per heavy atom. The third kappa shape index (κ3) is 5.91. The van der Waals surface area contributed by atoms with Crippen LogP contribution in [0.4, 0.5) is 0 Å². The first kappa shape index (κ1) is 20.6. The van der Waals surface area contributed by atoms with Gasteiger partial charge in [0.25, 0.3) is 0 Å². The van der Waals surface area contributed by atoms with E-state index in [-0.39, 0.29) is 11.3 Å². The van der Waals surface area contributed by atoms with E-state index in [9.17, 15) is 4.79 Å². The number of rotatable bonds is 6. The fraction of sp³-hybridized carbons (Fsp3) is 0.409. The maximum absolute atomic E-state index is 12.2. The van der Waals surface area contributed by atoms with Crippen LogP contribution in [0.1, 0.15) is 52.8 Å². The monoisotopic (exact) mass is 366 g/mol. The van der Waals surface area contributed by atoms with Crippen LogP contribution in [0.2, 0.25) is 0 Å². The summed E-state index contributed by atoms with van der Waals surface area (Å²) in [4.78, 5) is 15.2. The second kappa shape index (κ2) is 9.31. The van der Waals surface area contributed by atoms with E-state index in [1.807, 2.05) is 25.2 Å². The zero-order valence-electron chi connectivity index (χ0n) is 17.0. The molecular weight excluding hydrogens is 336 g/mol. The van der Waals surface area contributed by atoms with Crippen LogP contribution in [0, 0.1) is 5.41 Å². The number of carbonyl (C=O) groups excluding carboxylic acids is 1. The largest absolute Gasteiger partial charge is 0.355 e. The topological polar surface area (TPSA) is 70.7 Å². The lowest BCUT2D eigenvalue weighted by Crippen LogP contribution is -2.28. The summed E-state index contributed by atoms with van der Waals surface area (Å²) in [6, 6.07) is 0. The van der Waals surface area contributed by atoms with Crippen molar-refractivity contribution in [3.05, 3.63) is 64.8 Å². The van der Waals surface area contributed by atoms with Gasteiger partial charge in [0, 0.05) is 12.6 Å². The highest BCUT2D eigenvalue weighted by atomic mass is 16.1. The molecule has 5 heteroatoms. The van der Waals surface area contributed by atoms with Crippen LogP contribution in [0.25, 0.3) is 6.08 Å². The summed E-state index contributed by atoms with van der Waals surface area (Å²) in [7, 11) is 1.70. The van der Waals surface area contributed by atoms with Crippen LogP contribution in [-0.4, -0.2) is 28.1 Å². The number of aromatic nitrogens is 3. The number of hydrogen-bond donors (Lipinski definition) is 2. The number of nitrogens with one attached hydrogen (secondary N) is 2. The van der Waals surface area contributed by atoms with Gasteiger partial charge in [-0.3, -0.25) is 4.79 Å². The van der Waals surface area contributed by atoms with Gasteiger partial charge >= 0.3 is 0 Å². The van der Waals surface area contributed by atoms with Gasteiger partial charge in [0.15, 0.2) is 5.82 Å². The molecule has 0 bridgehead atoms. The zero-order chi connectivity index (χ0) is 19.9. The first-order chi connectivity index (χ1) is 12.8. The summed E-state index contributed by atoms with van der Waals surface area (Å²) < 4.78 is 0. The Morgan fingerprint density at radius 3 is 2.70 bits per heavy atom. The molecular formula is C22H30N4O. The lowest BCUT2D eigenvalue weighted by atomic mass is 9.72. The Kier molecular flexibility index (Phi) is 7.11. The smallest absolute Gasteiger partial charge is 0.247 e. The molecule has 1 aliphatic rings. The molecule has 0 unspecified atom stereocenters. The molecule has 1 aliphatic carbocycles. The standard InChI is InChI=1S/C22H30N4O/c1-16(8-6-9-17(2)14-20-24-15-25-26-20)11-12-19-18(21(27)23-5)10-7-13-22(19,3)4/h6,8-9,11-12,14-15H,7,10,13H2,1-5H3,(H,23,27)(H,24,25,26)/b9-6+,12-11+,16-8+,17-14+. The maximum Gasteiger partial charge on any atom is 0.247 e. The number of hydrogen-bond acceptors (Lipinski definition) is 3. The van der Waals surface area contributed by atoms with Crippen LogP contribution < -0.4 is 5.32 Å². The fourth-order valence-electron chi connectivity index (χ4n) is 3.27. The summed E-state index contributed by atoms with van der Waals surface area (Å²) >= 11 is 0. The average Bonchev–Trinajstić information content (AvgIpc) is 3.12. The lowest BCUT2D eigenvalue weighted by Gasteiger charge is -2.33. The maximum atomic E-state index is 12.2. The van der Waals surface area contributed by atoms with Gasteiger partial charge in [-0.1, -0.05) is 49.8 Å². The van der Waals surface area contributed by atoms with Gasteiger partial charge in [0.05, 0.1) is 0 Å². The van der Waals surface area contributed by atoms with E-state index >= 15 is 0 Å². The van der Waals surface area contributed by atoms with Crippen molar-refractivity contribution < 1.29 is 4.79 Å². The molecule has 1 aromatic heterocycles. The highest BCUT2D eigenvalue weighted by molar-refractivity contribution is 5.94. The summed E-state index contributed by atoms with van der Waals surface area (Å²) in [5.41, 5.74) is 4.29. The van der Waals surface area contributed by atoms with Crippen molar-refractivity contribution in [2.45, 2.75) is 47.0 Å². The minimum atomic E-state index is 0.0170. The molecule has 0 aliphatic heterocycles. The molecule has 0 atom stereocenters. The fourth-order valence-corrected chi connectivity index (χ4v) is 3.27. The number of carbonyl (C=O) groups is 1. The lowest BCUT2D eigenvalue weighted by molar-refractivity contribution is -0.117. The van der Waals surface area contributed by atoms with Crippen molar-refractivity contribution in [1.29, 1.82) is 0 Å². The number of amides is 1. The number of nitrogens with zero attached hydrogens (tertiary/aromatic N) is 2. The quantitative estimate of drug-likeness (QED) is 0.727. The molecule has 1 heterocycles. The highest BCUT2D eigenvalue weighted by Gasteiger charge is 2.30. The van der Waals surface area contributed by atoms with Gasteiger partial charge in [-0.25, -0.2) is 0 Å². The molecule has 1 aromatic rings. The number of aromatic amines is 1. The molecule has 2 rings (SSSR count). The predicted octanol–water partition coefficient (Wildman–Crippen LogP) is 4.52. The van der Waals surface area contributed by atoms with Gasteiger partial charge < -0.3 is 10.3 Å². The van der Waals surface area contributed by atoms with E-state index in [0.29, 0.717) is 0 Å². The van der Waals surface area contributed by atoms with Crippen molar-refractivity contribution in [3.63, 3.8) is 0 Å². The molecule has 27 heavy (non-hydrogen) atoms. The van der Waals surface area contributed by atoms with E-state index in [1.165, 1.54) is 0 Å². The SMILES string of the molecule is CNC(=O)C1=C(/C=C/C(C)=C/C=C/C(C)=C/c2nnc[nH]2)C(C)(C)CCC1. The first-order valence-corrected chi connectivity index (χ1v) is 9.36. The predicted molar refractivity (Wildman–Crippen MR) is 111 cm³/mol. The van der Waals surface area contributed by atoms with Crippen LogP contribution in [0.3, 0.4) is 0 Å². The Morgan fingerprint density at radius 1 is 1.26 bits per heavy atom. The van der Waals surface area contributed by atoms with Gasteiger partial charge in [0.1, 0.15) is 6.33 Å². The van der Waals surface area contributed by atoms with Crippen molar-refractivity contribution in [2.24, 2.45) is 5.41 Å². The Labute approximate surface area is 162 Å². The Bertz CT molecular complexity index is 805. The van der Waals surface area contributed by atoms with Gasteiger partial charge in [-0.15, -0.1) is 10.2 Å². The molecule has 0 radical (unpaired) electrons. The van der Waals surface area contributed by atoms with Crippen LogP contribution in [0.5, 0.6) is 0 Å². The van der Waals surface area contributed by atoms with E-state index in [1.54, 1.807) is 13.4 Å². The molecule has 0 saturated heterocycles. The molecule has 0 spiro atoms. The molecule has 1 amide bonds. The van der Waals surface area contributed by atoms with Crippen LogP contribution in [-0.2, 0) is 4.79 Å². The molecule has 2 N–H and O–H groups in total. The van der Waals surface area contributed by atoms with Gasteiger partial charge in [0.2, 0.25) is 5.91 Å². The molecule has 0 fully saturated rings. The number of likely N-dealkylation sites (N-methyl/N-ethyl adjacent to an activating group) is 1. The molecule has 144 valence electrons. The second-order valence-electron chi connectivity index (χ2n) is 7.57. The van der Waals surface area contributed by atoms with Gasteiger partial charge in [-0.2, -0.15) is 0 Å². The zero-order valence-corrected chi connectivity index (χ0v) is 17.0. The van der Waals surface area contributed by atoms with Crippen LogP contribution in [0.15, 0.2) is 59.0 Å². The summed E-state index contributed by atoms with van der Waals surface area (Å²) in [5.74, 6) is 0.781. The number of H-pyrrole nitrogens is 1. The third-order valence-corrected chi connectivity index (χ3v) is 4.82. The second-order valence-corrected chi connectivity index (χ2v) is 7.57. The van der Waals surface area contributed by atoms with Crippen molar-refractivity contribution in [2.75, 3.05) is 7.05 Å². The molecule has 5 nitrogen and oxygen atoms in total. The Balaban J connectivity index is 2.14. The summed E-state index contributed by atoms with van der Waals surface area (Å²) in [5, 5.41) is 10.5. The van der Waals surface area contributed by atoms with E-state index < -0.39 is 0 Å². The van der Waals surface area contributed by atoms with E-state index in [2.05, 4.69) is 59.5 Å². The normalized spacial score (nSPS) is 18.6. The van der Waals surface area contributed by atoms with Crippen molar-refractivity contribution in [3.8, 4) is 0 Å². The average molecular weight is 367 g/mol. The molecule has 0 aromatic carbocycles. The summed E-state index contributed by atoms with van der Waals surface area (Å²) in [6.07, 6.45) is 16.8. The summed E-state index contributed by atoms with van der Waals surface area (Å²) in [6.45, 7) is 8.51. The van der Waals surface area contributed by atoms with E-state index in [4.69, 9.17) is 0 Å². The highest BCUT2D eigenvalue weighted by Crippen LogP contribution is 2.41. The number of allylic oxidation sites excluding steroid dienone is 8. The van der Waals surface area contributed by atoms with Crippen molar-refractivity contribution in [1.82, 2.24) is 20.5 Å². The van der Waals surface area contributed by atoms with Crippen LogP contribution >= 0.6 is 0 Å². The third-order valence-electron chi connectivity index (χ3n) is 4.82. The minimum Gasteiger partial charge on any atom is -0.355 e. The van der Waals surface area contributed by atoms with E-state index in [0.717, 1.165) is 47.4 Å². The molecule has 0 saturated carbocycles. The van der Waals surface area contributed by atoms with Gasteiger partial charge in [-0.05, 0) is 55.7 Å². The first-order valence-electron chi connectivity index (χ1n) is 9.36. The van der Waals surface area contributed by atoms with Crippen molar-refractivity contribution >= 4 is 12.0 Å². The Hall–Kier alpha value is -2.69.